The second-order valence-corrected chi connectivity index (χ2v) is 17.9. The summed E-state index contributed by atoms with van der Waals surface area (Å²) in [5.74, 6) is -1.97. The van der Waals surface area contributed by atoms with Gasteiger partial charge in [-0.05, 0) is 49.9 Å². The fourth-order valence-electron chi connectivity index (χ4n) is 5.13. The van der Waals surface area contributed by atoms with E-state index in [0.29, 0.717) is 31.8 Å². The Morgan fingerprint density at radius 2 is 1.68 bits per heavy atom. The van der Waals surface area contributed by atoms with E-state index in [1.165, 1.54) is 11.6 Å². The molecule has 352 valence electrons. The van der Waals surface area contributed by atoms with Crippen molar-refractivity contribution in [2.24, 2.45) is 5.73 Å². The van der Waals surface area contributed by atoms with E-state index in [1.807, 2.05) is 26.0 Å². The molecule has 0 saturated heterocycles. The smallest absolute Gasteiger partial charge is 0.416 e. The van der Waals surface area contributed by atoms with Gasteiger partial charge in [0.15, 0.2) is 12.2 Å². The largest absolute Gasteiger partial charge is 0.480 e. The van der Waals surface area contributed by atoms with Crippen molar-refractivity contribution in [3.8, 4) is 5.69 Å². The number of benzene rings is 2. The number of alkyl halides is 6. The van der Waals surface area contributed by atoms with Crippen molar-refractivity contribution in [3.05, 3.63) is 98.7 Å². The molecule has 16 nitrogen and oxygen atoms in total. The number of rotatable bonds is 17. The van der Waals surface area contributed by atoms with E-state index in [9.17, 15) is 42.2 Å². The Balaban J connectivity index is 0.000000845. The molecular weight excluding hydrogens is 964 g/mol. The minimum atomic E-state index is -4.63. The monoisotopic (exact) mass is 1010 g/mol. The van der Waals surface area contributed by atoms with Crippen LogP contribution in [0.1, 0.15) is 37.0 Å². The van der Waals surface area contributed by atoms with Crippen LogP contribution in [0.4, 0.5) is 30.4 Å². The number of carbonyl (C=O) groups excluding carboxylic acids is 2. The first-order valence-electron chi connectivity index (χ1n) is 18.2. The van der Waals surface area contributed by atoms with Gasteiger partial charge in [-0.3, -0.25) is 29.1 Å². The zero-order chi connectivity index (χ0) is 49.0. The number of aryl methyl sites for hydroxylation is 2. The molecule has 0 aliphatic rings. The number of halogens is 8. The van der Waals surface area contributed by atoms with E-state index < -0.39 is 52.4 Å². The normalized spacial score (nSPS) is 12.7. The van der Waals surface area contributed by atoms with Crippen LogP contribution in [0.15, 0.2) is 61.8 Å². The molecule has 0 saturated carbocycles. The number of nitrogen functional groups attached to an aromatic ring is 1. The van der Waals surface area contributed by atoms with Crippen LogP contribution in [0.5, 0.6) is 0 Å². The summed E-state index contributed by atoms with van der Waals surface area (Å²) in [4.78, 5) is 54.4. The quantitative estimate of drug-likeness (QED) is 0.0327. The van der Waals surface area contributed by atoms with Crippen LogP contribution in [-0.4, -0.2) is 110 Å². The molecule has 0 spiro atoms. The Labute approximate surface area is 388 Å². The van der Waals surface area contributed by atoms with Gasteiger partial charge in [-0.15, -0.1) is 24.8 Å². The Bertz CT molecular complexity index is 2040. The molecule has 0 aliphatic heterocycles. The molecule has 3 rings (SSSR count). The van der Waals surface area contributed by atoms with Gasteiger partial charge in [-0.25, -0.2) is 4.68 Å². The molecule has 0 bridgehead atoms. The predicted molar refractivity (Wildman–Crippen MR) is 243 cm³/mol. The average Bonchev–Trinajstić information content (AvgIpc) is 3.57. The summed E-state index contributed by atoms with van der Waals surface area (Å²) >= 11 is 28.1. The number of carbonyl (C=O) groups is 3. The van der Waals surface area contributed by atoms with Gasteiger partial charge in [0, 0.05) is 33.0 Å². The van der Waals surface area contributed by atoms with Crippen molar-refractivity contribution in [2.75, 3.05) is 56.1 Å². The first kappa shape index (κ1) is 59.1. The third kappa shape index (κ3) is 19.8. The molecule has 3 aromatic rings. The molecule has 63 heavy (non-hydrogen) atoms. The van der Waals surface area contributed by atoms with Gasteiger partial charge in [0.05, 0.1) is 38.9 Å². The molecule has 0 radical (unpaired) electrons. The summed E-state index contributed by atoms with van der Waals surface area (Å²) in [6.07, 6.45) is 0.311. The van der Waals surface area contributed by atoms with E-state index in [2.05, 4.69) is 31.2 Å². The number of nitrogens with two attached hydrogens (primary N) is 2. The number of hydrogen-bond acceptors (Lipinski definition) is 10. The number of carboxylic acid groups (broad SMARTS) is 1. The highest BCUT2D eigenvalue weighted by atomic mass is 35.5. The molecule has 0 fully saturated rings. The fraction of sp³-hybridized carbons (Fsp3) is 0.421. The van der Waals surface area contributed by atoms with Crippen molar-refractivity contribution < 1.29 is 51.8 Å². The Morgan fingerprint density at radius 3 is 2.06 bits per heavy atom. The van der Waals surface area contributed by atoms with Gasteiger partial charge in [0.1, 0.15) is 23.8 Å². The molecule has 3 atom stereocenters. The van der Waals surface area contributed by atoms with Gasteiger partial charge in [-0.1, -0.05) is 83.7 Å². The first-order chi connectivity index (χ1) is 29.1. The maximum absolute atomic E-state index is 12.6. The average molecular weight is 1010 g/mol. The number of hydrogen-bond donors (Lipinski definition) is 4. The van der Waals surface area contributed by atoms with Crippen molar-refractivity contribution in [2.45, 2.75) is 56.7 Å². The van der Waals surface area contributed by atoms with Crippen LogP contribution in [0.25, 0.3) is 5.69 Å². The lowest BCUT2D eigenvalue weighted by molar-refractivity contribution is -0.383. The van der Waals surface area contributed by atoms with E-state index in [-0.39, 0.29) is 52.1 Å². The number of anilines is 2. The van der Waals surface area contributed by atoms with Crippen LogP contribution in [0.3, 0.4) is 0 Å². The number of methoxy groups -OCH3 is 1. The second-order valence-electron chi connectivity index (χ2n) is 13.1. The van der Waals surface area contributed by atoms with E-state index in [0.717, 1.165) is 34.1 Å². The summed E-state index contributed by atoms with van der Waals surface area (Å²) in [5, 5.41) is 21.8. The van der Waals surface area contributed by atoms with Crippen molar-refractivity contribution >= 4 is 100 Å². The first-order valence-corrected chi connectivity index (χ1v) is 22.7. The van der Waals surface area contributed by atoms with Crippen molar-refractivity contribution in [1.82, 2.24) is 14.7 Å². The third-order valence-corrected chi connectivity index (χ3v) is 10.3. The Morgan fingerprint density at radius 1 is 1.14 bits per heavy atom. The second kappa shape index (κ2) is 28.1. The molecule has 25 heteroatoms. The molecule has 0 aliphatic carbocycles. The number of amides is 2. The SMILES string of the molecule is C=CCN(CC=C)C(=O)C(Cl)Cl.CCc1cccc(C)c1N(C(=O)CCl)C(C)COC.CP(=O)(O)CCC(N)C(=O)O.Nc1c([N+](=O)[O-])cnn1-c1c(Cl)cc(C(F)(F)F)cc1Cl. The Kier molecular flexibility index (Phi) is 26.4. The van der Waals surface area contributed by atoms with E-state index in [4.69, 9.17) is 84.2 Å². The Hall–Kier alpha value is -3.91. The van der Waals surface area contributed by atoms with Gasteiger partial charge in [0.2, 0.25) is 11.7 Å². The topological polar surface area (TPSA) is 237 Å². The van der Waals surface area contributed by atoms with Crippen LogP contribution >= 0.6 is 65.4 Å². The van der Waals surface area contributed by atoms with Crippen LogP contribution < -0.4 is 16.4 Å². The molecule has 1 aromatic heterocycles. The maximum atomic E-state index is 12.6. The molecule has 1 heterocycles. The lowest BCUT2D eigenvalue weighted by atomic mass is 10.0. The van der Waals surface area contributed by atoms with E-state index >= 15 is 0 Å². The van der Waals surface area contributed by atoms with Crippen LogP contribution in [-0.2, 0) is 36.3 Å². The maximum Gasteiger partial charge on any atom is 0.416 e. The van der Waals surface area contributed by atoms with Crippen LogP contribution in [0, 0.1) is 17.0 Å². The molecule has 2 aromatic carbocycles. The number of nitrogens with zero attached hydrogens (tertiary/aromatic N) is 5. The van der Waals surface area contributed by atoms with Crippen molar-refractivity contribution in [3.63, 3.8) is 0 Å². The molecular formula is C38H50Cl5F3N7O9P. The highest BCUT2D eigenvalue weighted by Crippen LogP contribution is 2.39. The molecule has 3 unspecified atom stereocenters. The van der Waals surface area contributed by atoms with Gasteiger partial charge >= 0.3 is 17.8 Å². The number of ether oxygens (including phenoxy) is 1. The zero-order valence-electron chi connectivity index (χ0n) is 34.8. The molecule has 2 amide bonds. The summed E-state index contributed by atoms with van der Waals surface area (Å²) < 4.78 is 54.5. The summed E-state index contributed by atoms with van der Waals surface area (Å²) in [6, 6.07) is 6.28. The highest BCUT2D eigenvalue weighted by molar-refractivity contribution is 7.57. The number of nitro groups is 1. The third-order valence-electron chi connectivity index (χ3n) is 8.08. The lowest BCUT2D eigenvalue weighted by Crippen LogP contribution is -2.43. The predicted octanol–water partition coefficient (Wildman–Crippen LogP) is 8.53. The van der Waals surface area contributed by atoms with Gasteiger partial charge in [-0.2, -0.15) is 18.3 Å². The fourth-order valence-corrected chi connectivity index (χ4v) is 6.94. The van der Waals surface area contributed by atoms with Gasteiger partial charge < -0.3 is 36.0 Å². The van der Waals surface area contributed by atoms with Gasteiger partial charge in [0.25, 0.3) is 5.91 Å². The number of aliphatic carboxylic acids is 1. The zero-order valence-corrected chi connectivity index (χ0v) is 39.5. The van der Waals surface area contributed by atoms with Crippen molar-refractivity contribution in [1.29, 1.82) is 0 Å². The minimum absolute atomic E-state index is 0.0223. The number of aromatic nitrogens is 2. The number of carboxylic acids is 1. The molecule has 6 N–H and O–H groups in total. The lowest BCUT2D eigenvalue weighted by Gasteiger charge is -2.31. The highest BCUT2D eigenvalue weighted by Gasteiger charge is 2.33. The van der Waals surface area contributed by atoms with Crippen LogP contribution in [0.2, 0.25) is 10.0 Å². The number of para-hydroxylation sites is 1. The standard InChI is InChI=1S/C15H22ClNO2.C10H5Cl2F3N4O2.C8H11Cl2NO.C5H12NO4P/c1-5-13-8-6-7-11(2)15(13)17(14(18)9-16)12(3)10-19-4;11-5-1-4(10(13,14)15)2-6(12)8(5)18-9(16)7(3-17-18)19(20)21;1-3-5-11(6-4-2)8(12)7(9)10;1-11(9,10)3-2-4(6)5(7)8/h6-8,12H,5,9-10H2,1-4H3;1-3H,16H2;3-4,7H,1-2,5-6H2;4H,2-3,6H2,1H3,(H,7,8)(H,9,10). The minimum Gasteiger partial charge on any atom is -0.480 e. The summed E-state index contributed by atoms with van der Waals surface area (Å²) in [6.45, 7) is 15.6. The summed E-state index contributed by atoms with van der Waals surface area (Å²) in [5.41, 5.74) is 12.1. The summed E-state index contributed by atoms with van der Waals surface area (Å²) in [7, 11) is -1.47. The van der Waals surface area contributed by atoms with E-state index in [1.54, 1.807) is 24.2 Å².